The van der Waals surface area contributed by atoms with Crippen molar-refractivity contribution in [3.63, 3.8) is 0 Å². The zero-order valence-electron chi connectivity index (χ0n) is 13.2. The highest BCUT2D eigenvalue weighted by Crippen LogP contribution is 2.31. The van der Waals surface area contributed by atoms with Crippen molar-refractivity contribution >= 4 is 5.91 Å². The Labute approximate surface area is 117 Å². The van der Waals surface area contributed by atoms with Crippen molar-refractivity contribution in [1.82, 2.24) is 9.80 Å². The summed E-state index contributed by atoms with van der Waals surface area (Å²) < 4.78 is 5.76. The van der Waals surface area contributed by atoms with Crippen molar-refractivity contribution in [3.05, 3.63) is 0 Å². The van der Waals surface area contributed by atoms with E-state index >= 15 is 0 Å². The molecule has 0 aromatic carbocycles. The number of hydrogen-bond acceptors (Lipinski definition) is 3. The Morgan fingerprint density at radius 1 is 1.11 bits per heavy atom. The molecule has 2 saturated heterocycles. The predicted octanol–water partition coefficient (Wildman–Crippen LogP) is 1.89. The first-order valence-corrected chi connectivity index (χ1v) is 7.29. The van der Waals surface area contributed by atoms with Crippen LogP contribution in [0.1, 0.15) is 48.0 Å². The van der Waals surface area contributed by atoms with E-state index in [-0.39, 0.29) is 35.7 Å². The molecular formula is C15H28N2O2. The molecule has 2 atom stereocenters. The fourth-order valence-corrected chi connectivity index (χ4v) is 3.27. The Bertz CT molecular complexity index is 354. The summed E-state index contributed by atoms with van der Waals surface area (Å²) in [5, 5.41) is 0. The molecule has 1 amide bonds. The minimum atomic E-state index is -0.134. The number of rotatable bonds is 0. The Kier molecular flexibility index (Phi) is 3.69. The lowest BCUT2D eigenvalue weighted by atomic mass is 9.90. The number of carbonyl (C=O) groups excluding carboxylic acids is 1. The lowest BCUT2D eigenvalue weighted by Gasteiger charge is -2.53. The minimum Gasteiger partial charge on any atom is -0.366 e. The van der Waals surface area contributed by atoms with Crippen LogP contribution in [0.4, 0.5) is 0 Å². The molecular weight excluding hydrogens is 240 g/mol. The van der Waals surface area contributed by atoms with Gasteiger partial charge in [0.1, 0.15) is 6.61 Å². The summed E-state index contributed by atoms with van der Waals surface area (Å²) in [7, 11) is 0. The molecule has 110 valence electrons. The molecule has 0 saturated carbocycles. The Balaban J connectivity index is 2.22. The van der Waals surface area contributed by atoms with Gasteiger partial charge in [-0.2, -0.15) is 0 Å². The SMILES string of the molecule is CC(C)(C)N1CCC2OCC(=O)N(C(C)(C)C)C2C1. The third kappa shape index (κ3) is 2.95. The normalized spacial score (nSPS) is 30.4. The summed E-state index contributed by atoms with van der Waals surface area (Å²) >= 11 is 0. The van der Waals surface area contributed by atoms with Gasteiger partial charge in [0.05, 0.1) is 12.1 Å². The summed E-state index contributed by atoms with van der Waals surface area (Å²) in [6.45, 7) is 15.3. The summed E-state index contributed by atoms with van der Waals surface area (Å²) in [6, 6.07) is 0.189. The minimum absolute atomic E-state index is 0.129. The first-order chi connectivity index (χ1) is 8.60. The Hall–Kier alpha value is -0.610. The molecule has 0 aromatic rings. The smallest absolute Gasteiger partial charge is 0.249 e. The number of nitrogens with zero attached hydrogens (tertiary/aromatic N) is 2. The standard InChI is InChI=1S/C15H28N2O2/c1-14(2,3)16-8-7-12-11(9-16)17(15(4,5)6)13(18)10-19-12/h11-12H,7-10H2,1-6H3. The maximum absolute atomic E-state index is 12.2. The topological polar surface area (TPSA) is 32.8 Å². The van der Waals surface area contributed by atoms with Crippen LogP contribution >= 0.6 is 0 Å². The summed E-state index contributed by atoms with van der Waals surface area (Å²) in [5.74, 6) is 0.129. The van der Waals surface area contributed by atoms with E-state index in [0.717, 1.165) is 19.5 Å². The Morgan fingerprint density at radius 2 is 1.74 bits per heavy atom. The van der Waals surface area contributed by atoms with E-state index in [1.165, 1.54) is 0 Å². The molecule has 2 unspecified atom stereocenters. The van der Waals surface area contributed by atoms with E-state index in [0.29, 0.717) is 0 Å². The van der Waals surface area contributed by atoms with Crippen LogP contribution in [0.2, 0.25) is 0 Å². The Morgan fingerprint density at radius 3 is 2.26 bits per heavy atom. The molecule has 2 heterocycles. The number of hydrogen-bond donors (Lipinski definition) is 0. The molecule has 2 aliphatic rings. The average Bonchev–Trinajstić information content (AvgIpc) is 2.24. The first-order valence-electron chi connectivity index (χ1n) is 7.29. The molecule has 0 aliphatic carbocycles. The van der Waals surface area contributed by atoms with Gasteiger partial charge in [-0.3, -0.25) is 9.69 Å². The maximum atomic E-state index is 12.2. The van der Waals surface area contributed by atoms with E-state index in [1.807, 2.05) is 0 Å². The number of likely N-dealkylation sites (tertiary alicyclic amines) is 1. The molecule has 19 heavy (non-hydrogen) atoms. The van der Waals surface area contributed by atoms with Gasteiger partial charge in [0.25, 0.3) is 0 Å². The first kappa shape index (κ1) is 14.8. The van der Waals surface area contributed by atoms with Crippen molar-refractivity contribution in [1.29, 1.82) is 0 Å². The van der Waals surface area contributed by atoms with Crippen molar-refractivity contribution < 1.29 is 9.53 Å². The van der Waals surface area contributed by atoms with Gasteiger partial charge in [-0.15, -0.1) is 0 Å². The molecule has 0 bridgehead atoms. The summed E-state index contributed by atoms with van der Waals surface area (Å²) in [6.07, 6.45) is 1.22. The highest BCUT2D eigenvalue weighted by molar-refractivity contribution is 5.79. The van der Waals surface area contributed by atoms with Gasteiger partial charge in [0, 0.05) is 24.2 Å². The van der Waals surface area contributed by atoms with E-state index in [1.54, 1.807) is 0 Å². The van der Waals surface area contributed by atoms with Gasteiger partial charge < -0.3 is 9.64 Å². The number of carbonyl (C=O) groups is 1. The van der Waals surface area contributed by atoms with E-state index < -0.39 is 0 Å². The number of ether oxygens (including phenoxy) is 1. The van der Waals surface area contributed by atoms with Crippen LogP contribution in [-0.4, -0.2) is 58.6 Å². The molecule has 0 spiro atoms. The molecule has 2 fully saturated rings. The summed E-state index contributed by atoms with van der Waals surface area (Å²) in [4.78, 5) is 16.8. The van der Waals surface area contributed by atoms with Gasteiger partial charge in [0.2, 0.25) is 5.91 Å². The van der Waals surface area contributed by atoms with Crippen molar-refractivity contribution in [2.45, 2.75) is 71.2 Å². The van der Waals surface area contributed by atoms with Gasteiger partial charge in [-0.05, 0) is 48.0 Å². The zero-order chi connectivity index (χ0) is 14.4. The monoisotopic (exact) mass is 268 g/mol. The highest BCUT2D eigenvalue weighted by Gasteiger charge is 2.45. The van der Waals surface area contributed by atoms with Crippen LogP contribution in [0.25, 0.3) is 0 Å². The largest absolute Gasteiger partial charge is 0.366 e. The molecule has 4 heteroatoms. The number of fused-ring (bicyclic) bond motifs is 1. The van der Waals surface area contributed by atoms with Crippen LogP contribution in [0.15, 0.2) is 0 Å². The molecule has 2 aliphatic heterocycles. The zero-order valence-corrected chi connectivity index (χ0v) is 13.2. The van der Waals surface area contributed by atoms with E-state index in [4.69, 9.17) is 4.74 Å². The second kappa shape index (κ2) is 4.74. The van der Waals surface area contributed by atoms with Crippen LogP contribution in [0.3, 0.4) is 0 Å². The third-order valence-electron chi connectivity index (χ3n) is 4.21. The van der Waals surface area contributed by atoms with Crippen LogP contribution in [0.5, 0.6) is 0 Å². The van der Waals surface area contributed by atoms with Crippen LogP contribution in [0, 0.1) is 0 Å². The summed E-state index contributed by atoms with van der Waals surface area (Å²) in [5.41, 5.74) is 0.0136. The molecule has 2 rings (SSSR count). The fraction of sp³-hybridized carbons (Fsp3) is 0.933. The van der Waals surface area contributed by atoms with Gasteiger partial charge in [-0.25, -0.2) is 0 Å². The molecule has 0 aromatic heterocycles. The second-order valence-corrected chi connectivity index (χ2v) is 7.76. The lowest BCUT2D eigenvalue weighted by Crippen LogP contribution is -2.68. The van der Waals surface area contributed by atoms with Crippen LogP contribution < -0.4 is 0 Å². The highest BCUT2D eigenvalue weighted by atomic mass is 16.5. The molecule has 4 nitrogen and oxygen atoms in total. The van der Waals surface area contributed by atoms with Crippen LogP contribution in [-0.2, 0) is 9.53 Å². The van der Waals surface area contributed by atoms with Crippen molar-refractivity contribution in [3.8, 4) is 0 Å². The number of morpholine rings is 1. The molecule has 0 N–H and O–H groups in total. The van der Waals surface area contributed by atoms with Gasteiger partial charge >= 0.3 is 0 Å². The van der Waals surface area contributed by atoms with Crippen molar-refractivity contribution in [2.24, 2.45) is 0 Å². The maximum Gasteiger partial charge on any atom is 0.249 e. The van der Waals surface area contributed by atoms with E-state index in [9.17, 15) is 4.79 Å². The van der Waals surface area contributed by atoms with Crippen molar-refractivity contribution in [2.75, 3.05) is 19.7 Å². The van der Waals surface area contributed by atoms with Gasteiger partial charge in [-0.1, -0.05) is 0 Å². The lowest BCUT2D eigenvalue weighted by molar-refractivity contribution is -0.175. The second-order valence-electron chi connectivity index (χ2n) is 7.76. The third-order valence-corrected chi connectivity index (χ3v) is 4.21. The quantitative estimate of drug-likeness (QED) is 0.672. The predicted molar refractivity (Wildman–Crippen MR) is 76.1 cm³/mol. The molecule has 0 radical (unpaired) electrons. The number of amides is 1. The van der Waals surface area contributed by atoms with E-state index in [2.05, 4.69) is 51.3 Å². The average molecular weight is 268 g/mol. The number of piperidine rings is 1. The fourth-order valence-electron chi connectivity index (χ4n) is 3.27. The van der Waals surface area contributed by atoms with Gasteiger partial charge in [0.15, 0.2) is 0 Å².